The summed E-state index contributed by atoms with van der Waals surface area (Å²) in [4.78, 5) is 18.0. The molecular formula is C18H27IN6O. The van der Waals surface area contributed by atoms with Gasteiger partial charge in [0.15, 0.2) is 5.96 Å². The summed E-state index contributed by atoms with van der Waals surface area (Å²) in [6.07, 6.45) is 3.57. The second kappa shape index (κ2) is 9.75. The molecule has 26 heavy (non-hydrogen) atoms. The van der Waals surface area contributed by atoms with E-state index in [4.69, 9.17) is 9.41 Å². The summed E-state index contributed by atoms with van der Waals surface area (Å²) >= 11 is 0. The number of anilines is 1. The number of hydrogen-bond acceptors (Lipinski definition) is 5. The van der Waals surface area contributed by atoms with Gasteiger partial charge in [0, 0.05) is 50.7 Å². The van der Waals surface area contributed by atoms with Crippen LogP contribution in [0.5, 0.6) is 0 Å². The lowest BCUT2D eigenvalue weighted by Gasteiger charge is -2.36. The lowest BCUT2D eigenvalue weighted by Crippen LogP contribution is -2.52. The van der Waals surface area contributed by atoms with Crippen LogP contribution in [0.1, 0.15) is 24.0 Å². The third-order valence-electron chi connectivity index (χ3n) is 4.29. The van der Waals surface area contributed by atoms with Gasteiger partial charge in [0.25, 0.3) is 0 Å². The van der Waals surface area contributed by atoms with Gasteiger partial charge in [0.05, 0.1) is 6.54 Å². The fourth-order valence-electron chi connectivity index (χ4n) is 3.00. The Morgan fingerprint density at radius 1 is 1.19 bits per heavy atom. The quantitative estimate of drug-likeness (QED) is 0.421. The Morgan fingerprint density at radius 3 is 2.46 bits per heavy atom. The summed E-state index contributed by atoms with van der Waals surface area (Å²) < 4.78 is 5.59. The SMILES string of the molecule is CCNC(=NCc1cc(C)oc1C)N1CCN(c2ncccn2)CC1.I. The molecule has 1 saturated heterocycles. The zero-order valence-corrected chi connectivity index (χ0v) is 17.9. The Kier molecular flexibility index (Phi) is 7.67. The minimum Gasteiger partial charge on any atom is -0.466 e. The van der Waals surface area contributed by atoms with E-state index in [1.54, 1.807) is 12.4 Å². The number of nitrogens with zero attached hydrogens (tertiary/aromatic N) is 5. The molecule has 2 aromatic rings. The minimum absolute atomic E-state index is 0. The van der Waals surface area contributed by atoms with Crippen molar-refractivity contribution in [3.8, 4) is 0 Å². The van der Waals surface area contributed by atoms with Crippen molar-refractivity contribution >= 4 is 35.9 Å². The normalized spacial score (nSPS) is 15.0. The molecule has 0 radical (unpaired) electrons. The van der Waals surface area contributed by atoms with Crippen LogP contribution in [0.4, 0.5) is 5.95 Å². The predicted octanol–water partition coefficient (Wildman–Crippen LogP) is 2.59. The number of hydrogen-bond donors (Lipinski definition) is 1. The van der Waals surface area contributed by atoms with Gasteiger partial charge in [-0.1, -0.05) is 0 Å². The fourth-order valence-corrected chi connectivity index (χ4v) is 3.00. The molecule has 8 heteroatoms. The number of piperazine rings is 1. The molecule has 0 amide bonds. The standard InChI is InChI=1S/C18H26N6O.HI/c1-4-19-17(22-13-16-12-14(2)25-15(16)3)23-8-10-24(11-9-23)18-20-6-5-7-21-18;/h5-7,12H,4,8-11,13H2,1-3H3,(H,19,22);1H. The molecule has 3 rings (SSSR count). The number of aryl methyl sites for hydroxylation is 2. The molecule has 1 aliphatic heterocycles. The van der Waals surface area contributed by atoms with Crippen LogP contribution in [0.2, 0.25) is 0 Å². The topological polar surface area (TPSA) is 69.8 Å². The summed E-state index contributed by atoms with van der Waals surface area (Å²) in [5.41, 5.74) is 1.14. The van der Waals surface area contributed by atoms with Crippen molar-refractivity contribution in [1.82, 2.24) is 20.2 Å². The van der Waals surface area contributed by atoms with Crippen molar-refractivity contribution in [2.45, 2.75) is 27.3 Å². The van der Waals surface area contributed by atoms with E-state index in [2.05, 4.69) is 38.1 Å². The summed E-state index contributed by atoms with van der Waals surface area (Å²) in [5.74, 6) is 3.63. The highest BCUT2D eigenvalue weighted by molar-refractivity contribution is 14.0. The number of rotatable bonds is 4. The number of aromatic nitrogens is 2. The van der Waals surface area contributed by atoms with E-state index in [1.807, 2.05) is 19.9 Å². The first-order valence-corrected chi connectivity index (χ1v) is 8.78. The Hall–Kier alpha value is -1.84. The molecule has 0 saturated carbocycles. The van der Waals surface area contributed by atoms with Crippen LogP contribution < -0.4 is 10.2 Å². The van der Waals surface area contributed by atoms with Gasteiger partial charge >= 0.3 is 0 Å². The molecule has 0 aromatic carbocycles. The fraction of sp³-hybridized carbons (Fsp3) is 0.500. The van der Waals surface area contributed by atoms with E-state index in [9.17, 15) is 0 Å². The number of nitrogens with one attached hydrogen (secondary N) is 1. The van der Waals surface area contributed by atoms with E-state index in [0.29, 0.717) is 6.54 Å². The van der Waals surface area contributed by atoms with E-state index < -0.39 is 0 Å². The van der Waals surface area contributed by atoms with E-state index in [1.165, 1.54) is 0 Å². The van der Waals surface area contributed by atoms with Crippen molar-refractivity contribution in [2.24, 2.45) is 4.99 Å². The molecule has 1 aliphatic rings. The monoisotopic (exact) mass is 470 g/mol. The van der Waals surface area contributed by atoms with Gasteiger partial charge in [-0.15, -0.1) is 24.0 Å². The van der Waals surface area contributed by atoms with E-state index in [-0.39, 0.29) is 24.0 Å². The predicted molar refractivity (Wildman–Crippen MR) is 114 cm³/mol. The smallest absolute Gasteiger partial charge is 0.225 e. The van der Waals surface area contributed by atoms with Crippen LogP contribution in [0.3, 0.4) is 0 Å². The molecule has 142 valence electrons. The van der Waals surface area contributed by atoms with Gasteiger partial charge in [-0.2, -0.15) is 0 Å². The lowest BCUT2D eigenvalue weighted by molar-refractivity contribution is 0.370. The molecule has 2 aromatic heterocycles. The van der Waals surface area contributed by atoms with Crippen molar-refractivity contribution in [2.75, 3.05) is 37.6 Å². The van der Waals surface area contributed by atoms with Gasteiger partial charge < -0.3 is 19.5 Å². The maximum Gasteiger partial charge on any atom is 0.225 e. The van der Waals surface area contributed by atoms with Crippen LogP contribution in [0.15, 0.2) is 33.9 Å². The second-order valence-corrected chi connectivity index (χ2v) is 6.13. The van der Waals surface area contributed by atoms with Crippen LogP contribution >= 0.6 is 24.0 Å². The average molecular weight is 470 g/mol. The maximum atomic E-state index is 5.59. The summed E-state index contributed by atoms with van der Waals surface area (Å²) in [6, 6.07) is 3.91. The Balaban J connectivity index is 0.00000243. The average Bonchev–Trinajstić information content (AvgIpc) is 2.97. The largest absolute Gasteiger partial charge is 0.466 e. The molecule has 1 fully saturated rings. The summed E-state index contributed by atoms with van der Waals surface area (Å²) in [7, 11) is 0. The number of guanidine groups is 1. The molecular weight excluding hydrogens is 443 g/mol. The molecule has 0 bridgehead atoms. The highest BCUT2D eigenvalue weighted by Crippen LogP contribution is 2.15. The van der Waals surface area contributed by atoms with Crippen molar-refractivity contribution in [1.29, 1.82) is 0 Å². The molecule has 0 unspecified atom stereocenters. The van der Waals surface area contributed by atoms with Crippen LogP contribution in [-0.4, -0.2) is 53.6 Å². The van der Waals surface area contributed by atoms with E-state index in [0.717, 1.165) is 61.7 Å². The second-order valence-electron chi connectivity index (χ2n) is 6.13. The maximum absolute atomic E-state index is 5.59. The zero-order chi connectivity index (χ0) is 17.6. The third kappa shape index (κ3) is 5.09. The number of furan rings is 1. The molecule has 1 N–H and O–H groups in total. The van der Waals surface area contributed by atoms with Gasteiger partial charge in [-0.3, -0.25) is 0 Å². The molecule has 0 atom stereocenters. The number of aliphatic imine (C=N–C) groups is 1. The third-order valence-corrected chi connectivity index (χ3v) is 4.29. The molecule has 7 nitrogen and oxygen atoms in total. The minimum atomic E-state index is 0. The van der Waals surface area contributed by atoms with Gasteiger partial charge in [0.2, 0.25) is 5.95 Å². The van der Waals surface area contributed by atoms with Crippen molar-refractivity contribution in [3.05, 3.63) is 41.6 Å². The molecule has 3 heterocycles. The van der Waals surface area contributed by atoms with Crippen molar-refractivity contribution in [3.63, 3.8) is 0 Å². The summed E-state index contributed by atoms with van der Waals surface area (Å²) in [6.45, 7) is 11.1. The van der Waals surface area contributed by atoms with Crippen LogP contribution in [0.25, 0.3) is 0 Å². The molecule has 0 spiro atoms. The molecule has 0 aliphatic carbocycles. The van der Waals surface area contributed by atoms with Crippen LogP contribution in [-0.2, 0) is 6.54 Å². The first-order valence-electron chi connectivity index (χ1n) is 8.78. The Bertz CT molecular complexity index is 710. The van der Waals surface area contributed by atoms with Crippen molar-refractivity contribution < 1.29 is 4.42 Å². The van der Waals surface area contributed by atoms with Gasteiger partial charge in [-0.05, 0) is 32.9 Å². The number of halogens is 1. The van der Waals surface area contributed by atoms with Gasteiger partial charge in [-0.25, -0.2) is 15.0 Å². The first-order chi connectivity index (χ1) is 12.2. The highest BCUT2D eigenvalue weighted by Gasteiger charge is 2.21. The Labute approximate surface area is 171 Å². The lowest BCUT2D eigenvalue weighted by atomic mass is 10.2. The first kappa shape index (κ1) is 20.5. The Morgan fingerprint density at radius 2 is 1.88 bits per heavy atom. The summed E-state index contributed by atoms with van der Waals surface area (Å²) in [5, 5.41) is 3.40. The highest BCUT2D eigenvalue weighted by atomic mass is 127. The van der Waals surface area contributed by atoms with Crippen LogP contribution in [0, 0.1) is 13.8 Å². The van der Waals surface area contributed by atoms with Gasteiger partial charge in [0.1, 0.15) is 11.5 Å². The zero-order valence-electron chi connectivity index (χ0n) is 15.6. The van der Waals surface area contributed by atoms with E-state index >= 15 is 0 Å².